The first-order chi connectivity index (χ1) is 37.0. The van der Waals surface area contributed by atoms with Crippen LogP contribution in [0.3, 0.4) is 0 Å². The molecule has 454 valence electrons. The van der Waals surface area contributed by atoms with Crippen LogP contribution in [0.4, 0.5) is 4.79 Å². The highest BCUT2D eigenvalue weighted by Crippen LogP contribution is 2.41. The number of thioether (sulfide) groups is 1. The van der Waals surface area contributed by atoms with Gasteiger partial charge < -0.3 is 79.8 Å². The lowest BCUT2D eigenvalue weighted by atomic mass is 9.74. The Bertz CT molecular complexity index is 2040. The number of aliphatic hydroxyl groups excluding tert-OH is 2. The second kappa shape index (κ2) is 29.3. The van der Waals surface area contributed by atoms with Crippen molar-refractivity contribution >= 4 is 47.3 Å². The Labute approximate surface area is 472 Å². The van der Waals surface area contributed by atoms with Crippen LogP contribution in [-0.4, -0.2) is 203 Å². The predicted octanol–water partition coefficient (Wildman–Crippen LogP) is 3.25. The number of amides is 4. The third-order valence-corrected chi connectivity index (χ3v) is 18.7. The lowest BCUT2D eigenvalue weighted by Gasteiger charge is -2.49. The van der Waals surface area contributed by atoms with E-state index >= 15 is 0 Å². The van der Waals surface area contributed by atoms with Crippen LogP contribution in [0.5, 0.6) is 0 Å². The molecule has 5 rings (SSSR count). The van der Waals surface area contributed by atoms with E-state index in [1.807, 2.05) is 37.7 Å². The van der Waals surface area contributed by atoms with E-state index in [-0.39, 0.29) is 62.0 Å². The van der Waals surface area contributed by atoms with E-state index in [4.69, 9.17) is 33.2 Å². The van der Waals surface area contributed by atoms with E-state index in [9.17, 15) is 49.2 Å². The normalized spacial score (nSPS) is 40.4. The maximum absolute atomic E-state index is 14.5. The molecular formula is C56H97N5O17S. The summed E-state index contributed by atoms with van der Waals surface area (Å²) in [5.41, 5.74) is -5.13. The van der Waals surface area contributed by atoms with Gasteiger partial charge in [0.15, 0.2) is 18.7 Å². The summed E-state index contributed by atoms with van der Waals surface area (Å²) in [5, 5.41) is 59.4. The zero-order valence-corrected chi connectivity index (χ0v) is 50.0. The number of fused-ring (bicyclic) bond motifs is 1. The number of nitrogens with zero attached hydrogens (tertiary/aromatic N) is 1. The summed E-state index contributed by atoms with van der Waals surface area (Å²) >= 11 is 1.87. The van der Waals surface area contributed by atoms with Crippen LogP contribution >= 0.6 is 11.8 Å². The number of aliphatic hydroxyl groups is 4. The van der Waals surface area contributed by atoms with E-state index in [1.54, 1.807) is 41.5 Å². The van der Waals surface area contributed by atoms with Crippen LogP contribution in [0.2, 0.25) is 0 Å². The smallest absolute Gasteiger partial charge is 0.315 e. The molecule has 5 fully saturated rings. The molecule has 0 aromatic rings. The fourth-order valence-corrected chi connectivity index (χ4v) is 13.8. The van der Waals surface area contributed by atoms with E-state index < -0.39 is 126 Å². The van der Waals surface area contributed by atoms with Crippen LogP contribution in [0, 0.1) is 23.7 Å². The van der Waals surface area contributed by atoms with Gasteiger partial charge in [0.1, 0.15) is 23.6 Å². The number of unbranched alkanes of at least 4 members (excludes halogenated alkanes) is 3. The first-order valence-electron chi connectivity index (χ1n) is 28.8. The minimum Gasteiger partial charge on any atom is -0.459 e. The van der Waals surface area contributed by atoms with E-state index in [1.165, 1.54) is 27.9 Å². The van der Waals surface area contributed by atoms with Crippen LogP contribution in [0.25, 0.3) is 0 Å². The number of urea groups is 1. The average molecular weight is 1140 g/mol. The van der Waals surface area contributed by atoms with Crippen molar-refractivity contribution in [2.75, 3.05) is 40.0 Å². The highest BCUT2D eigenvalue weighted by Gasteiger charge is 2.54. The molecule has 0 saturated carbocycles. The molecule has 5 saturated heterocycles. The topological polar surface area (TPSA) is 299 Å². The van der Waals surface area contributed by atoms with Crippen molar-refractivity contribution in [2.24, 2.45) is 23.7 Å². The van der Waals surface area contributed by atoms with Gasteiger partial charge in [0.05, 0.1) is 72.2 Å². The number of methoxy groups -OCH3 is 1. The number of ether oxygens (including phenoxy) is 7. The Hall–Kier alpha value is -3.23. The molecule has 2 unspecified atom stereocenters. The zero-order chi connectivity index (χ0) is 58.7. The van der Waals surface area contributed by atoms with Gasteiger partial charge in [0.2, 0.25) is 11.8 Å². The predicted molar refractivity (Wildman–Crippen MR) is 293 cm³/mol. The van der Waals surface area contributed by atoms with Crippen molar-refractivity contribution in [1.29, 1.82) is 0 Å². The molecule has 0 aromatic carbocycles. The summed E-state index contributed by atoms with van der Waals surface area (Å²) in [6, 6.07) is -0.225. The minimum atomic E-state index is -2.06. The van der Waals surface area contributed by atoms with Gasteiger partial charge in [0.25, 0.3) is 0 Å². The summed E-state index contributed by atoms with van der Waals surface area (Å²) in [7, 11) is 5.11. The Morgan fingerprint density at radius 2 is 1.47 bits per heavy atom. The van der Waals surface area contributed by atoms with Gasteiger partial charge >= 0.3 is 18.0 Å². The SMILES string of the molecule is CCC1OC(=O)[C@H](C)C(O[C@H]2C[C@@](C)(OC)[C@@H](O)[C@H](C)O2)[C@H](C)[C@@H](O[C@@H]2O[C@H](C)C[C@H](N(C)C)[C@H]2OC(=O)CCC(=O)NCCCCCNC(=O)CCCC[C@@H]2SC[C@@H]3NC(=O)N[C@@H]32)[C@](C)(O)C[C@@H](C)C(=O)[C@H](C)[C@@H](O)[C@]1(C)O. The van der Waals surface area contributed by atoms with Crippen molar-refractivity contribution in [3.8, 4) is 0 Å². The number of esters is 2. The van der Waals surface area contributed by atoms with Crippen LogP contribution < -0.4 is 21.3 Å². The molecule has 8 N–H and O–H groups in total. The molecule has 5 heterocycles. The molecule has 5 aliphatic heterocycles. The number of likely N-dealkylation sites (N-methyl/N-ethyl adjacent to an activating group) is 1. The molecule has 0 aliphatic carbocycles. The molecule has 0 radical (unpaired) electrons. The maximum atomic E-state index is 14.5. The van der Waals surface area contributed by atoms with Crippen molar-refractivity contribution < 1.29 is 82.4 Å². The Morgan fingerprint density at radius 1 is 0.810 bits per heavy atom. The van der Waals surface area contributed by atoms with Gasteiger partial charge in [-0.05, 0) is 107 Å². The monoisotopic (exact) mass is 1140 g/mol. The lowest BCUT2D eigenvalue weighted by molar-refractivity contribution is -0.319. The number of Topliss-reactive ketones (excluding diaryl/α,β-unsaturated/α-hetero) is 1. The molecule has 79 heavy (non-hydrogen) atoms. The molecule has 22 nitrogen and oxygen atoms in total. The third-order valence-electron chi connectivity index (χ3n) is 17.2. The second-order valence-corrected chi connectivity index (χ2v) is 25.3. The molecule has 5 aliphatic rings. The van der Waals surface area contributed by atoms with Gasteiger partial charge in [-0.3, -0.25) is 24.0 Å². The summed E-state index contributed by atoms with van der Waals surface area (Å²) in [6.07, 6.45) is -6.10. The minimum absolute atomic E-state index is 0.00658. The van der Waals surface area contributed by atoms with Crippen LogP contribution in [0.1, 0.15) is 153 Å². The molecular weight excluding hydrogens is 1050 g/mol. The number of ketones is 1. The average Bonchev–Trinajstić information content (AvgIpc) is 4.01. The van der Waals surface area contributed by atoms with Gasteiger partial charge in [-0.1, -0.05) is 34.1 Å². The highest BCUT2D eigenvalue weighted by atomic mass is 32.2. The molecule has 0 spiro atoms. The number of hydrogen-bond donors (Lipinski definition) is 8. The van der Waals surface area contributed by atoms with Gasteiger partial charge in [-0.15, -0.1) is 0 Å². The number of carbonyl (C=O) groups excluding carboxylic acids is 6. The molecule has 0 aromatic heterocycles. The second-order valence-electron chi connectivity index (χ2n) is 24.1. The van der Waals surface area contributed by atoms with E-state index in [0.717, 1.165) is 37.9 Å². The van der Waals surface area contributed by atoms with Crippen LogP contribution in [-0.2, 0) is 57.1 Å². The summed E-state index contributed by atoms with van der Waals surface area (Å²) in [5.74, 6) is -5.62. The number of hydrogen-bond acceptors (Lipinski definition) is 19. The Kier molecular flexibility index (Phi) is 24.7. The fraction of sp³-hybridized carbons (Fsp3) is 0.893. The van der Waals surface area contributed by atoms with Crippen molar-refractivity contribution in [2.45, 2.75) is 254 Å². The molecule has 23 heteroatoms. The van der Waals surface area contributed by atoms with Crippen LogP contribution in [0.15, 0.2) is 0 Å². The molecule has 4 amide bonds. The standard InChI is InChI=1S/C56H97N5O17S/c1-14-39-56(10,71)48(66)32(4)45(65)30(2)27-54(8,70)50(33(5)46(34(6)51(68)75-39)77-43-28-55(9,72-13)49(67)35(7)74-43)78-52-47(37(61(11)12)26-31(3)73-52)76-42(64)23-22-41(63)58-25-19-15-18-24-57-40(62)21-17-16-20-38-44-36(29-79-38)59-53(69)60-44/h30-39,43-44,46-50,52,66-67,70-71H,14-29H2,1-13H3,(H,57,62)(H,58,63)(H2,59,60,69)/t30-,31-,32+,33+,34-,35+,36+,37+,38+,39?,43+,44+,46?,47-,48-,49+,50-,52+,54-,55-,56-/m1/s1. The number of rotatable bonds is 22. The largest absolute Gasteiger partial charge is 0.459 e. The fourth-order valence-electron chi connectivity index (χ4n) is 12.3. The number of cyclic esters (lactones) is 1. The van der Waals surface area contributed by atoms with Gasteiger partial charge in [-0.2, -0.15) is 11.8 Å². The van der Waals surface area contributed by atoms with E-state index in [2.05, 4.69) is 21.3 Å². The third kappa shape index (κ3) is 17.4. The van der Waals surface area contributed by atoms with Crippen molar-refractivity contribution in [3.05, 3.63) is 0 Å². The lowest BCUT2D eigenvalue weighted by Crippen LogP contribution is -2.61. The van der Waals surface area contributed by atoms with Crippen molar-refractivity contribution in [3.63, 3.8) is 0 Å². The first-order valence-corrected chi connectivity index (χ1v) is 29.9. The molecule has 0 bridgehead atoms. The zero-order valence-electron chi connectivity index (χ0n) is 49.2. The summed E-state index contributed by atoms with van der Waals surface area (Å²) in [6.45, 7) is 17.0. The van der Waals surface area contributed by atoms with Gasteiger partial charge in [0, 0.05) is 68.2 Å². The van der Waals surface area contributed by atoms with Crippen molar-refractivity contribution in [1.82, 2.24) is 26.2 Å². The van der Waals surface area contributed by atoms with Gasteiger partial charge in [-0.25, -0.2) is 4.79 Å². The quantitative estimate of drug-likeness (QED) is 0.0438. The summed E-state index contributed by atoms with van der Waals surface area (Å²) in [4.78, 5) is 81.4. The number of carbonyl (C=O) groups is 6. The highest BCUT2D eigenvalue weighted by molar-refractivity contribution is 8.00. The Balaban J connectivity index is 1.25. The van der Waals surface area contributed by atoms with E-state index in [0.29, 0.717) is 37.6 Å². The first kappa shape index (κ1) is 66.6. The number of nitrogens with one attached hydrogen (secondary N) is 4. The summed E-state index contributed by atoms with van der Waals surface area (Å²) < 4.78 is 44.3. The molecule has 21 atom stereocenters. The maximum Gasteiger partial charge on any atom is 0.315 e. The Morgan fingerprint density at radius 3 is 2.10 bits per heavy atom.